The van der Waals surface area contributed by atoms with Crippen molar-refractivity contribution in [3.63, 3.8) is 0 Å². The van der Waals surface area contributed by atoms with Crippen LogP contribution in [0.15, 0.2) is 18.3 Å². The second-order valence-corrected chi connectivity index (χ2v) is 7.18. The van der Waals surface area contributed by atoms with Gasteiger partial charge in [0.25, 0.3) is 0 Å². The third-order valence-electron chi connectivity index (χ3n) is 4.68. The fourth-order valence-corrected chi connectivity index (χ4v) is 3.28. The second kappa shape index (κ2) is 7.86. The highest BCUT2D eigenvalue weighted by molar-refractivity contribution is 5.79. The van der Waals surface area contributed by atoms with Crippen molar-refractivity contribution in [3.8, 4) is 5.75 Å². The van der Waals surface area contributed by atoms with E-state index in [1.165, 1.54) is 0 Å². The Bertz CT molecular complexity index is 752. The molecule has 0 aliphatic carbocycles. The number of aromatic nitrogens is 3. The molecule has 1 saturated heterocycles. The van der Waals surface area contributed by atoms with Gasteiger partial charge < -0.3 is 14.5 Å². The highest BCUT2D eigenvalue weighted by atomic mass is 16.5. The third kappa shape index (κ3) is 4.40. The first kappa shape index (κ1) is 18.4. The molecular formula is C19H27N5O2. The number of H-pyrrole nitrogens is 1. The first-order valence-electron chi connectivity index (χ1n) is 8.97. The van der Waals surface area contributed by atoms with Crippen LogP contribution in [0.3, 0.4) is 0 Å². The summed E-state index contributed by atoms with van der Waals surface area (Å²) < 4.78 is 6.09. The molecule has 0 spiro atoms. The van der Waals surface area contributed by atoms with Crippen molar-refractivity contribution in [1.29, 1.82) is 0 Å². The number of aryl methyl sites for hydroxylation is 2. The van der Waals surface area contributed by atoms with Crippen LogP contribution < -0.4 is 4.74 Å². The van der Waals surface area contributed by atoms with E-state index in [1.54, 1.807) is 6.20 Å². The molecule has 7 heteroatoms. The highest BCUT2D eigenvalue weighted by Gasteiger charge is 2.28. The minimum atomic E-state index is 0.0279. The molecular weight excluding hydrogens is 330 g/mol. The molecule has 26 heavy (non-hydrogen) atoms. The molecule has 0 radical (unpaired) electrons. The zero-order valence-electron chi connectivity index (χ0n) is 16.0. The van der Waals surface area contributed by atoms with Crippen molar-refractivity contribution < 1.29 is 9.53 Å². The predicted molar refractivity (Wildman–Crippen MR) is 99.0 cm³/mol. The van der Waals surface area contributed by atoms with Crippen LogP contribution in [-0.4, -0.2) is 64.2 Å². The quantitative estimate of drug-likeness (QED) is 0.852. The Labute approximate surface area is 154 Å². The van der Waals surface area contributed by atoms with Gasteiger partial charge in [-0.1, -0.05) is 0 Å². The average Bonchev–Trinajstić information content (AvgIpc) is 3.16. The lowest BCUT2D eigenvalue weighted by molar-refractivity contribution is -0.129. The van der Waals surface area contributed by atoms with Crippen molar-refractivity contribution in [1.82, 2.24) is 25.0 Å². The van der Waals surface area contributed by atoms with E-state index >= 15 is 0 Å². The maximum Gasteiger partial charge on any atom is 0.227 e. The number of nitrogens with zero attached hydrogens (tertiary/aromatic N) is 4. The smallest absolute Gasteiger partial charge is 0.227 e. The van der Waals surface area contributed by atoms with Gasteiger partial charge in [0.15, 0.2) is 0 Å². The Morgan fingerprint density at radius 3 is 2.92 bits per heavy atom. The molecule has 140 valence electrons. The van der Waals surface area contributed by atoms with Crippen LogP contribution >= 0.6 is 0 Å². The van der Waals surface area contributed by atoms with Crippen LogP contribution in [0.2, 0.25) is 0 Å². The zero-order chi connectivity index (χ0) is 18.7. The molecule has 1 unspecified atom stereocenters. The molecule has 0 saturated carbocycles. The zero-order valence-corrected chi connectivity index (χ0v) is 16.0. The monoisotopic (exact) mass is 357 g/mol. The molecule has 0 aromatic carbocycles. The number of hydrogen-bond acceptors (Lipinski definition) is 5. The largest absolute Gasteiger partial charge is 0.488 e. The highest BCUT2D eigenvalue weighted by Crippen LogP contribution is 2.20. The summed E-state index contributed by atoms with van der Waals surface area (Å²) >= 11 is 0. The van der Waals surface area contributed by atoms with E-state index in [-0.39, 0.29) is 12.0 Å². The lowest BCUT2D eigenvalue weighted by Gasteiger charge is -2.18. The van der Waals surface area contributed by atoms with E-state index in [0.717, 1.165) is 47.9 Å². The minimum Gasteiger partial charge on any atom is -0.488 e. The molecule has 7 nitrogen and oxygen atoms in total. The number of aromatic amines is 1. The Balaban J connectivity index is 1.56. The van der Waals surface area contributed by atoms with E-state index in [1.807, 2.05) is 45.0 Å². The van der Waals surface area contributed by atoms with E-state index in [0.29, 0.717) is 13.0 Å². The molecule has 1 aliphatic rings. The van der Waals surface area contributed by atoms with Crippen LogP contribution in [0.1, 0.15) is 29.1 Å². The van der Waals surface area contributed by atoms with Gasteiger partial charge in [-0.3, -0.25) is 14.9 Å². The van der Waals surface area contributed by atoms with Gasteiger partial charge in [-0.15, -0.1) is 0 Å². The van der Waals surface area contributed by atoms with E-state index in [2.05, 4.69) is 20.1 Å². The normalized spacial score (nSPS) is 17.1. The Morgan fingerprint density at radius 2 is 2.23 bits per heavy atom. The minimum absolute atomic E-state index is 0.0279. The maximum atomic E-state index is 12.6. The Kier molecular flexibility index (Phi) is 5.56. The van der Waals surface area contributed by atoms with Crippen molar-refractivity contribution in [3.05, 3.63) is 41.0 Å². The van der Waals surface area contributed by atoms with Gasteiger partial charge in [-0.25, -0.2) is 0 Å². The van der Waals surface area contributed by atoms with Crippen molar-refractivity contribution in [2.75, 3.05) is 27.2 Å². The van der Waals surface area contributed by atoms with Crippen LogP contribution in [0, 0.1) is 13.8 Å². The number of ether oxygens (including phenoxy) is 1. The number of rotatable bonds is 6. The fraction of sp³-hybridized carbons (Fsp3) is 0.526. The van der Waals surface area contributed by atoms with Gasteiger partial charge in [0.05, 0.1) is 24.4 Å². The fourth-order valence-electron chi connectivity index (χ4n) is 3.28. The molecule has 1 aliphatic heterocycles. The molecule has 1 atom stereocenters. The summed E-state index contributed by atoms with van der Waals surface area (Å²) in [4.78, 5) is 20.9. The SMILES string of the molecule is Cc1n[nH]c(C)c1CC(=O)N1CCC(Oc2ccnc(CN(C)C)c2)C1. The molecule has 0 bridgehead atoms. The van der Waals surface area contributed by atoms with Gasteiger partial charge in [-0.2, -0.15) is 5.10 Å². The molecule has 3 rings (SSSR count). The third-order valence-corrected chi connectivity index (χ3v) is 4.68. The summed E-state index contributed by atoms with van der Waals surface area (Å²) in [6.07, 6.45) is 3.04. The summed E-state index contributed by atoms with van der Waals surface area (Å²) in [5.74, 6) is 0.949. The Morgan fingerprint density at radius 1 is 1.42 bits per heavy atom. The van der Waals surface area contributed by atoms with Crippen LogP contribution in [0.25, 0.3) is 0 Å². The van der Waals surface area contributed by atoms with Gasteiger partial charge in [0, 0.05) is 43.0 Å². The van der Waals surface area contributed by atoms with Crippen molar-refractivity contribution >= 4 is 5.91 Å². The first-order valence-corrected chi connectivity index (χ1v) is 8.97. The summed E-state index contributed by atoms with van der Waals surface area (Å²) in [7, 11) is 4.03. The number of amides is 1. The van der Waals surface area contributed by atoms with Crippen LogP contribution in [0.5, 0.6) is 5.75 Å². The van der Waals surface area contributed by atoms with Crippen molar-refractivity contribution in [2.24, 2.45) is 0 Å². The Hall–Kier alpha value is -2.41. The number of carbonyl (C=O) groups excluding carboxylic acids is 1. The summed E-state index contributed by atoms with van der Waals surface area (Å²) in [6.45, 7) is 6.01. The van der Waals surface area contributed by atoms with Gasteiger partial charge in [0.2, 0.25) is 5.91 Å². The maximum absolute atomic E-state index is 12.6. The number of pyridine rings is 1. The molecule has 1 fully saturated rings. The van der Waals surface area contributed by atoms with E-state index in [4.69, 9.17) is 4.74 Å². The van der Waals surface area contributed by atoms with Gasteiger partial charge in [0.1, 0.15) is 11.9 Å². The molecule has 1 N–H and O–H groups in total. The standard InChI is InChI=1S/C19H27N5O2/c1-13-18(14(2)22-21-13)10-19(25)24-8-6-17(12-24)26-16-5-7-20-15(9-16)11-23(3)4/h5,7,9,17H,6,8,10-12H2,1-4H3,(H,21,22). The molecule has 2 aromatic heterocycles. The van der Waals surface area contributed by atoms with Gasteiger partial charge in [-0.05, 0) is 34.0 Å². The average molecular weight is 357 g/mol. The van der Waals surface area contributed by atoms with Crippen LogP contribution in [-0.2, 0) is 17.8 Å². The number of carbonyl (C=O) groups is 1. The molecule has 2 aromatic rings. The second-order valence-electron chi connectivity index (χ2n) is 7.18. The number of nitrogens with one attached hydrogen (secondary N) is 1. The topological polar surface area (TPSA) is 74.3 Å². The molecule has 3 heterocycles. The summed E-state index contributed by atoms with van der Waals surface area (Å²) in [5, 5.41) is 7.10. The predicted octanol–water partition coefficient (Wildman–Crippen LogP) is 1.71. The van der Waals surface area contributed by atoms with E-state index in [9.17, 15) is 4.79 Å². The number of hydrogen-bond donors (Lipinski definition) is 1. The molecule has 1 amide bonds. The van der Waals surface area contributed by atoms with Crippen molar-refractivity contribution in [2.45, 2.75) is 39.3 Å². The van der Waals surface area contributed by atoms with Crippen LogP contribution in [0.4, 0.5) is 0 Å². The number of likely N-dealkylation sites (tertiary alicyclic amines) is 1. The van der Waals surface area contributed by atoms with E-state index < -0.39 is 0 Å². The summed E-state index contributed by atoms with van der Waals surface area (Å²) in [6, 6.07) is 3.85. The lowest BCUT2D eigenvalue weighted by atomic mass is 10.1. The first-order chi connectivity index (χ1) is 12.4. The summed E-state index contributed by atoms with van der Waals surface area (Å²) in [5.41, 5.74) is 3.84. The van der Waals surface area contributed by atoms with Gasteiger partial charge >= 0.3 is 0 Å². The lowest BCUT2D eigenvalue weighted by Crippen LogP contribution is -2.32.